The van der Waals surface area contributed by atoms with Crippen molar-refractivity contribution in [2.75, 3.05) is 0 Å². The Balaban J connectivity index is -0.0000000958. The first-order valence-corrected chi connectivity index (χ1v) is 53.1. The van der Waals surface area contributed by atoms with Crippen molar-refractivity contribution in [2.45, 2.75) is 533 Å². The summed E-state index contributed by atoms with van der Waals surface area (Å²) in [6.07, 6.45) is 13.6. The molecule has 19 heteroatoms. The Morgan fingerprint density at radius 2 is 0.575 bits per heavy atom. The van der Waals surface area contributed by atoms with Crippen molar-refractivity contribution in [1.29, 1.82) is 0 Å². The SMILES string of the molecule is CC.CC.CC.CC.CC.CC(C)(C)C.CC(C)(C)C.CC(C)(C)C.CC(C)(C)C.CC(C)(C)C.CC(C)(C)C.CC(C)(C)c1nccs1.CC(C)(C)c1nnc(C(C)(C)C)o1.CC(C)(C)c1nnc(C(C)(C)C)s1.CC(C)(C)c1noc(C(C)(C)C)n1.CC(C)(C)c1nsc(C(C)(C)C)n1.CC(C)C.CC(C)C.CC(C)C.Cn1cccc1.c1ccoc1.c1ccsc1.c1cocn1. The molecule has 9 aromatic rings. The van der Waals surface area contributed by atoms with Gasteiger partial charge in [0.15, 0.2) is 12.2 Å². The summed E-state index contributed by atoms with van der Waals surface area (Å²) in [5.41, 5.74) is 3.47. The van der Waals surface area contributed by atoms with E-state index in [1.165, 1.54) is 29.2 Å². The van der Waals surface area contributed by atoms with Crippen LogP contribution in [0.15, 0.2) is 120 Å². The second-order valence-corrected chi connectivity index (χ2v) is 55.0. The monoisotopic (exact) mass is 1960 g/mol. The van der Waals surface area contributed by atoms with Gasteiger partial charge in [0.05, 0.1) is 23.7 Å². The highest BCUT2D eigenvalue weighted by Gasteiger charge is 2.30. The van der Waals surface area contributed by atoms with Gasteiger partial charge in [0.25, 0.3) is 0 Å². The number of nitrogens with zero attached hydrogens (tertiary/aromatic N) is 11. The summed E-state index contributed by atoms with van der Waals surface area (Å²) in [7, 11) is 2.00. The molecule has 796 valence electrons. The maximum atomic E-state index is 5.59. The minimum Gasteiger partial charge on any atom is -0.473 e. The summed E-state index contributed by atoms with van der Waals surface area (Å²) in [5.74, 6) is 6.35. The van der Waals surface area contributed by atoms with Crippen molar-refractivity contribution in [1.82, 2.24) is 54.4 Å². The van der Waals surface area contributed by atoms with Crippen LogP contribution >= 0.6 is 45.5 Å². The summed E-state index contributed by atoms with van der Waals surface area (Å²) < 4.78 is 26.2. The smallest absolute Gasteiger partial charge is 0.232 e. The number of aryl methyl sites for hydroxylation is 1. The van der Waals surface area contributed by atoms with Crippen LogP contribution in [-0.2, 0) is 55.8 Å². The van der Waals surface area contributed by atoms with E-state index in [0.29, 0.717) is 50.2 Å². The third kappa shape index (κ3) is 155. The standard InChI is InChI=1S/2C10H18N2O.2C10H18N2S.C7H11NS.C5H7N.6C5H12.C4H4O.C4H4S.3C4H10.C3H3NO.5C2H6/c1-9(2,3)7-11-12-8(13-7)10(4,5)6;1-9(2,3)7-11-8(13-12-7)10(4,5)6;1-9(2,3)7-11-12-8(13-7)10(4,5)6;1-9(2,3)7-11-8(13-12-7)10(4,5)6;1-7(2,3)6-8-4-5-9-6;1-6-4-2-3-5-6;6*1-5(2,3)4;2*1-2-4-5-3-1;3*1-4(2)3;1-2-5-3-4-1;5*1-2/h4*1-6H3;4-5H,1-3H3;2-5H,1H3;6*1-4H3;2*1-4H;3*4H,1-3H3;1-3H;5*1-2H3. The van der Waals surface area contributed by atoms with Crippen LogP contribution in [0, 0.1) is 50.2 Å². The first-order chi connectivity index (χ1) is 59.5. The fraction of sp³-hybridized carbons (Fsp3) is 0.774. The third-order valence-electron chi connectivity index (χ3n) is 9.92. The Morgan fingerprint density at radius 3 is 0.694 bits per heavy atom. The second kappa shape index (κ2) is 81.2. The third-order valence-corrected chi connectivity index (χ3v) is 14.7. The van der Waals surface area contributed by atoms with Crippen molar-refractivity contribution < 1.29 is 17.8 Å². The van der Waals surface area contributed by atoms with E-state index in [0.717, 1.165) is 44.4 Å². The fourth-order valence-electron chi connectivity index (χ4n) is 4.97. The molecule has 0 aliphatic carbocycles. The van der Waals surface area contributed by atoms with Crippen LogP contribution in [0.5, 0.6) is 0 Å². The van der Waals surface area contributed by atoms with Crippen LogP contribution in [0.3, 0.4) is 0 Å². The van der Waals surface area contributed by atoms with Crippen LogP contribution < -0.4 is 0 Å². The average molecular weight is 1960 g/mol. The van der Waals surface area contributed by atoms with Crippen LogP contribution in [0.4, 0.5) is 0 Å². The summed E-state index contributed by atoms with van der Waals surface area (Å²) in [4.78, 5) is 16.7. The van der Waals surface area contributed by atoms with Gasteiger partial charge in [-0.3, -0.25) is 0 Å². The second-order valence-electron chi connectivity index (χ2n) is 51.6. The van der Waals surface area contributed by atoms with Gasteiger partial charge in [-0.05, 0) is 96.8 Å². The van der Waals surface area contributed by atoms with Crippen molar-refractivity contribution in [3.8, 4) is 0 Å². The quantitative estimate of drug-likeness (QED) is 0.140. The number of furan rings is 1. The van der Waals surface area contributed by atoms with E-state index in [1.807, 2.05) is 152 Å². The van der Waals surface area contributed by atoms with Gasteiger partial charge in [0.1, 0.15) is 27.1 Å². The number of aromatic nitrogens is 11. The Kier molecular flexibility index (Phi) is 96.6. The molecule has 0 unspecified atom stereocenters. The zero-order chi connectivity index (χ0) is 111. The van der Waals surface area contributed by atoms with E-state index in [1.54, 1.807) is 52.7 Å². The van der Waals surface area contributed by atoms with Gasteiger partial charge in [-0.2, -0.15) is 20.7 Å². The van der Waals surface area contributed by atoms with Crippen molar-refractivity contribution in [3.05, 3.63) is 152 Å². The predicted molar refractivity (Wildman–Crippen MR) is 613 cm³/mol. The lowest BCUT2D eigenvalue weighted by Crippen LogP contribution is -2.15. The topological polar surface area (TPSA) is 186 Å². The zero-order valence-electron chi connectivity index (χ0n) is 103. The molecule has 0 radical (unpaired) electrons. The molecule has 134 heavy (non-hydrogen) atoms. The summed E-state index contributed by atoms with van der Waals surface area (Å²) in [5, 5.41) is 31.2. The van der Waals surface area contributed by atoms with Crippen LogP contribution in [-0.4, -0.2) is 54.4 Å². The van der Waals surface area contributed by atoms with Gasteiger partial charge < -0.3 is 22.3 Å². The first kappa shape index (κ1) is 159. The van der Waals surface area contributed by atoms with Crippen molar-refractivity contribution >= 4 is 45.5 Å². The lowest BCUT2D eigenvalue weighted by atomic mass is 9.94. The van der Waals surface area contributed by atoms with Crippen LogP contribution in [0.25, 0.3) is 0 Å². The van der Waals surface area contributed by atoms with Crippen LogP contribution in [0.1, 0.15) is 534 Å². The molecule has 0 aliphatic heterocycles. The average Bonchev–Trinajstić information content (AvgIpc) is 1.71. The minimum atomic E-state index is -0.0590. The summed E-state index contributed by atoms with van der Waals surface area (Å²) in [6.45, 7) is 149. The zero-order valence-corrected chi connectivity index (χ0v) is 106. The normalized spacial score (nSPS) is 11.0. The van der Waals surface area contributed by atoms with Crippen molar-refractivity contribution in [3.63, 3.8) is 0 Å². The molecule has 0 aliphatic rings. The molecule has 0 fully saturated rings. The fourth-order valence-corrected chi connectivity index (χ4v) is 8.00. The van der Waals surface area contributed by atoms with Gasteiger partial charge in [0.2, 0.25) is 17.7 Å². The Hall–Kier alpha value is -5.50. The molecule has 15 nitrogen and oxygen atoms in total. The Labute approximate surface area is 854 Å². The summed E-state index contributed by atoms with van der Waals surface area (Å²) in [6, 6.07) is 11.7. The van der Waals surface area contributed by atoms with E-state index in [2.05, 4.69) is 474 Å². The van der Waals surface area contributed by atoms with E-state index in [-0.39, 0.29) is 48.7 Å². The Bertz CT molecular complexity index is 3080. The molecule has 0 atom stereocenters. The number of thiophene rings is 1. The molecule has 9 aromatic heterocycles. The molecular weight excluding hydrogens is 1730 g/mol. The lowest BCUT2D eigenvalue weighted by molar-refractivity contribution is 0.314. The van der Waals surface area contributed by atoms with E-state index >= 15 is 0 Å². The lowest BCUT2D eigenvalue weighted by Gasteiger charge is -2.15. The van der Waals surface area contributed by atoms with Gasteiger partial charge >= 0.3 is 0 Å². The van der Waals surface area contributed by atoms with E-state index in [4.69, 9.17) is 8.94 Å². The predicted octanol–water partition coefficient (Wildman–Crippen LogP) is 41.2. The maximum absolute atomic E-state index is 5.59. The highest BCUT2D eigenvalue weighted by molar-refractivity contribution is 7.11. The number of oxazole rings is 1. The van der Waals surface area contributed by atoms with Gasteiger partial charge in [-0.1, -0.05) is 502 Å². The van der Waals surface area contributed by atoms with E-state index in [9.17, 15) is 0 Å². The number of rotatable bonds is 0. The van der Waals surface area contributed by atoms with Crippen LogP contribution in [0.2, 0.25) is 0 Å². The van der Waals surface area contributed by atoms with Crippen molar-refractivity contribution in [2.24, 2.45) is 57.3 Å². The molecule has 0 saturated heterocycles. The summed E-state index contributed by atoms with van der Waals surface area (Å²) >= 11 is 6.68. The van der Waals surface area contributed by atoms with E-state index < -0.39 is 0 Å². The molecule has 0 spiro atoms. The maximum Gasteiger partial charge on any atom is 0.232 e. The number of hydrogen-bond donors (Lipinski definition) is 0. The van der Waals surface area contributed by atoms with Gasteiger partial charge in [-0.15, -0.1) is 43.1 Å². The molecular formula is C115H233N11O4S4. The minimum absolute atomic E-state index is 0.0347. The Morgan fingerprint density at radius 1 is 0.291 bits per heavy atom. The molecule has 0 bridgehead atoms. The molecule has 0 saturated carbocycles. The van der Waals surface area contributed by atoms with Gasteiger partial charge in [0, 0.05) is 79.8 Å². The molecule has 0 N–H and O–H groups in total. The highest BCUT2D eigenvalue weighted by Crippen LogP contribution is 2.33. The van der Waals surface area contributed by atoms with Gasteiger partial charge in [-0.25, -0.2) is 15.0 Å². The molecule has 9 rings (SSSR count). The number of hydrogen-bond acceptors (Lipinski definition) is 18. The highest BCUT2D eigenvalue weighted by atomic mass is 32.1. The first-order valence-electron chi connectivity index (χ1n) is 49.7. The molecule has 0 aromatic carbocycles. The molecule has 0 amide bonds. The number of thiazole rings is 1. The largest absolute Gasteiger partial charge is 0.473 e. The molecule has 9 heterocycles.